The van der Waals surface area contributed by atoms with Gasteiger partial charge in [-0.05, 0) is 26.0 Å². The minimum Gasteiger partial charge on any atom is -0.354 e. The van der Waals surface area contributed by atoms with E-state index in [2.05, 4.69) is 30.4 Å². The molecule has 2 N–H and O–H groups in total. The van der Waals surface area contributed by atoms with Crippen molar-refractivity contribution in [1.29, 1.82) is 0 Å². The molecule has 0 saturated carbocycles. The minimum absolute atomic E-state index is 0.00355. The average molecular weight is 439 g/mol. The molecule has 0 aliphatic carbocycles. The smallest absolute Gasteiger partial charge is 0.227 e. The van der Waals surface area contributed by atoms with Crippen LogP contribution in [0.25, 0.3) is 5.65 Å². The van der Waals surface area contributed by atoms with Gasteiger partial charge in [0.15, 0.2) is 0 Å². The van der Waals surface area contributed by atoms with Crippen LogP contribution in [0.3, 0.4) is 0 Å². The summed E-state index contributed by atoms with van der Waals surface area (Å²) in [6, 6.07) is 2.75. The highest BCUT2D eigenvalue weighted by Gasteiger charge is 2.34. The van der Waals surface area contributed by atoms with Crippen molar-refractivity contribution in [3.63, 3.8) is 0 Å². The van der Waals surface area contributed by atoms with Crippen molar-refractivity contribution in [2.45, 2.75) is 19.9 Å². The van der Waals surface area contributed by atoms with Gasteiger partial charge in [-0.25, -0.2) is 14.4 Å². The maximum atomic E-state index is 13.3. The summed E-state index contributed by atoms with van der Waals surface area (Å²) in [6.45, 7) is 7.39. The number of rotatable bonds is 5. The Labute approximate surface area is 185 Å². The van der Waals surface area contributed by atoms with E-state index in [0.717, 1.165) is 55.6 Å². The van der Waals surface area contributed by atoms with E-state index in [4.69, 9.17) is 4.98 Å². The van der Waals surface area contributed by atoms with E-state index in [1.165, 1.54) is 12.1 Å². The standard InChI is InChI=1S/C22H27FN8O/c1-15-10-27-22(29-6-2-4-24-5-8-29)28-20(15)30-13-16(14-30)21(32)26-12-18-11-25-19-9-17(23)3-7-31(18)19/h3,7,9-11,16,24H,2,4-6,8,12-14H2,1H3,(H,26,32). The molecule has 0 bridgehead atoms. The van der Waals surface area contributed by atoms with Gasteiger partial charge >= 0.3 is 0 Å². The first-order chi connectivity index (χ1) is 15.6. The SMILES string of the molecule is Cc1cnc(N2CCCNCC2)nc1N1CC(C(=O)NCc2cnc3cc(F)ccn23)C1. The maximum absolute atomic E-state index is 13.3. The van der Waals surface area contributed by atoms with Crippen LogP contribution in [0.15, 0.2) is 30.7 Å². The second-order valence-corrected chi connectivity index (χ2v) is 8.41. The summed E-state index contributed by atoms with van der Waals surface area (Å²) in [5.74, 6) is 1.24. The number of aromatic nitrogens is 4. The Kier molecular flexibility index (Phi) is 5.60. The zero-order chi connectivity index (χ0) is 22.1. The fourth-order valence-electron chi connectivity index (χ4n) is 4.22. The van der Waals surface area contributed by atoms with E-state index >= 15 is 0 Å². The van der Waals surface area contributed by atoms with Crippen molar-refractivity contribution >= 4 is 23.3 Å². The Morgan fingerprint density at radius 2 is 2.09 bits per heavy atom. The number of hydrogen-bond acceptors (Lipinski definition) is 7. The number of halogens is 1. The highest BCUT2D eigenvalue weighted by molar-refractivity contribution is 5.82. The first kappa shape index (κ1) is 20.6. The molecular weight excluding hydrogens is 411 g/mol. The van der Waals surface area contributed by atoms with E-state index < -0.39 is 0 Å². The average Bonchev–Trinajstić information content (AvgIpc) is 2.95. The third-order valence-electron chi connectivity index (χ3n) is 6.10. The number of pyridine rings is 1. The third kappa shape index (κ3) is 4.10. The van der Waals surface area contributed by atoms with Gasteiger partial charge in [0, 0.05) is 56.7 Å². The number of carbonyl (C=O) groups is 1. The molecule has 0 atom stereocenters. The van der Waals surface area contributed by atoms with Crippen molar-refractivity contribution in [3.8, 4) is 0 Å². The van der Waals surface area contributed by atoms with E-state index in [1.807, 2.05) is 13.1 Å². The molecule has 0 spiro atoms. The van der Waals surface area contributed by atoms with Gasteiger partial charge in [0.2, 0.25) is 11.9 Å². The highest BCUT2D eigenvalue weighted by Crippen LogP contribution is 2.27. The number of amides is 1. The van der Waals surface area contributed by atoms with Crippen LogP contribution in [0.5, 0.6) is 0 Å². The predicted molar refractivity (Wildman–Crippen MR) is 119 cm³/mol. The molecule has 0 unspecified atom stereocenters. The molecule has 2 fully saturated rings. The van der Waals surface area contributed by atoms with Gasteiger partial charge < -0.3 is 24.8 Å². The van der Waals surface area contributed by atoms with Gasteiger partial charge in [-0.15, -0.1) is 0 Å². The normalized spacial score (nSPS) is 17.3. The lowest BCUT2D eigenvalue weighted by atomic mass is 9.98. The summed E-state index contributed by atoms with van der Waals surface area (Å²) in [5, 5.41) is 6.38. The van der Waals surface area contributed by atoms with Crippen molar-refractivity contribution in [2.24, 2.45) is 5.92 Å². The summed E-state index contributed by atoms with van der Waals surface area (Å²) in [4.78, 5) is 30.6. The lowest BCUT2D eigenvalue weighted by Crippen LogP contribution is -2.54. The number of carbonyl (C=O) groups excluding carboxylic acids is 1. The molecule has 10 heteroatoms. The fraction of sp³-hybridized carbons (Fsp3) is 0.455. The molecule has 5 heterocycles. The quantitative estimate of drug-likeness (QED) is 0.617. The van der Waals surface area contributed by atoms with Gasteiger partial charge in [-0.3, -0.25) is 4.79 Å². The summed E-state index contributed by atoms with van der Waals surface area (Å²) < 4.78 is 15.1. The number of anilines is 2. The second kappa shape index (κ2) is 8.70. The van der Waals surface area contributed by atoms with E-state index in [0.29, 0.717) is 25.3 Å². The molecule has 168 valence electrons. The number of hydrogen-bond donors (Lipinski definition) is 2. The van der Waals surface area contributed by atoms with E-state index in [1.54, 1.807) is 16.8 Å². The lowest BCUT2D eigenvalue weighted by molar-refractivity contribution is -0.125. The Bertz CT molecular complexity index is 1120. The summed E-state index contributed by atoms with van der Waals surface area (Å²) in [5.41, 5.74) is 2.35. The molecule has 3 aromatic rings. The number of nitrogens with zero attached hydrogens (tertiary/aromatic N) is 6. The molecule has 5 rings (SSSR count). The number of imidazole rings is 1. The van der Waals surface area contributed by atoms with Crippen LogP contribution >= 0.6 is 0 Å². The van der Waals surface area contributed by atoms with Gasteiger partial charge in [0.1, 0.15) is 17.3 Å². The molecule has 2 aliphatic heterocycles. The first-order valence-corrected chi connectivity index (χ1v) is 11.0. The van der Waals surface area contributed by atoms with Crippen LogP contribution in [-0.4, -0.2) is 64.5 Å². The molecular formula is C22H27FN8O. The highest BCUT2D eigenvalue weighted by atomic mass is 19.1. The minimum atomic E-state index is -0.330. The predicted octanol–water partition coefficient (Wildman–Crippen LogP) is 1.12. The summed E-state index contributed by atoms with van der Waals surface area (Å²) in [7, 11) is 0. The molecule has 2 aliphatic rings. The largest absolute Gasteiger partial charge is 0.354 e. The summed E-state index contributed by atoms with van der Waals surface area (Å²) in [6.07, 6.45) is 6.23. The Balaban J connectivity index is 1.19. The van der Waals surface area contributed by atoms with Crippen molar-refractivity contribution < 1.29 is 9.18 Å². The van der Waals surface area contributed by atoms with Crippen LogP contribution in [-0.2, 0) is 11.3 Å². The van der Waals surface area contributed by atoms with E-state index in [9.17, 15) is 9.18 Å². The van der Waals surface area contributed by atoms with Crippen LogP contribution < -0.4 is 20.4 Å². The van der Waals surface area contributed by atoms with Crippen LogP contribution in [0.2, 0.25) is 0 Å². The van der Waals surface area contributed by atoms with Crippen molar-refractivity contribution in [1.82, 2.24) is 30.0 Å². The summed E-state index contributed by atoms with van der Waals surface area (Å²) >= 11 is 0. The first-order valence-electron chi connectivity index (χ1n) is 11.0. The van der Waals surface area contributed by atoms with E-state index in [-0.39, 0.29) is 17.6 Å². The fourth-order valence-corrected chi connectivity index (χ4v) is 4.22. The van der Waals surface area contributed by atoms with Gasteiger partial charge in [-0.1, -0.05) is 0 Å². The Hall–Kier alpha value is -3.27. The molecule has 9 nitrogen and oxygen atoms in total. The molecule has 3 aromatic heterocycles. The van der Waals surface area contributed by atoms with Gasteiger partial charge in [0.25, 0.3) is 0 Å². The topological polar surface area (TPSA) is 90.7 Å². The Morgan fingerprint density at radius 3 is 2.97 bits per heavy atom. The molecule has 1 amide bonds. The molecule has 0 radical (unpaired) electrons. The van der Waals surface area contributed by atoms with Gasteiger partial charge in [-0.2, -0.15) is 4.98 Å². The monoisotopic (exact) mass is 438 g/mol. The zero-order valence-electron chi connectivity index (χ0n) is 18.1. The number of fused-ring (bicyclic) bond motifs is 1. The molecule has 32 heavy (non-hydrogen) atoms. The zero-order valence-corrected chi connectivity index (χ0v) is 18.1. The van der Waals surface area contributed by atoms with Crippen molar-refractivity contribution in [2.75, 3.05) is 49.1 Å². The molecule has 2 saturated heterocycles. The Morgan fingerprint density at radius 1 is 1.22 bits per heavy atom. The molecule has 0 aromatic carbocycles. The second-order valence-electron chi connectivity index (χ2n) is 8.41. The maximum Gasteiger partial charge on any atom is 0.227 e. The van der Waals surface area contributed by atoms with Crippen molar-refractivity contribution in [3.05, 3.63) is 47.8 Å². The van der Waals surface area contributed by atoms with Gasteiger partial charge in [0.05, 0.1) is 24.4 Å². The van der Waals surface area contributed by atoms with Crippen LogP contribution in [0.4, 0.5) is 16.2 Å². The third-order valence-corrected chi connectivity index (χ3v) is 6.10. The van der Waals surface area contributed by atoms with Crippen LogP contribution in [0, 0.1) is 18.7 Å². The number of aryl methyl sites for hydroxylation is 1. The lowest BCUT2D eigenvalue weighted by Gasteiger charge is -2.40. The number of nitrogens with one attached hydrogen (secondary N) is 2. The van der Waals surface area contributed by atoms with Crippen LogP contribution in [0.1, 0.15) is 17.7 Å².